The van der Waals surface area contributed by atoms with Crippen LogP contribution in [0, 0.1) is 5.82 Å². The van der Waals surface area contributed by atoms with Crippen molar-refractivity contribution in [3.63, 3.8) is 0 Å². The van der Waals surface area contributed by atoms with E-state index in [1.807, 2.05) is 30.3 Å². The number of allylic oxidation sites excluding steroid dienone is 2. The van der Waals surface area contributed by atoms with Crippen LogP contribution in [0.2, 0.25) is 0 Å². The molecule has 0 saturated heterocycles. The van der Waals surface area contributed by atoms with Crippen molar-refractivity contribution in [3.8, 4) is 0 Å². The first-order valence-corrected chi connectivity index (χ1v) is 7.43. The van der Waals surface area contributed by atoms with Crippen molar-refractivity contribution in [1.82, 2.24) is 0 Å². The summed E-state index contributed by atoms with van der Waals surface area (Å²) in [4.78, 5) is 0. The van der Waals surface area contributed by atoms with E-state index in [4.69, 9.17) is 0 Å². The Morgan fingerprint density at radius 2 is 1.68 bits per heavy atom. The topological polar surface area (TPSA) is 0 Å². The van der Waals surface area contributed by atoms with Gasteiger partial charge in [-0.15, -0.1) is 0 Å². The van der Waals surface area contributed by atoms with Crippen molar-refractivity contribution in [2.45, 2.75) is 31.6 Å². The predicted octanol–water partition coefficient (Wildman–Crippen LogP) is 5.62. The first-order chi connectivity index (χ1) is 10.5. The molecule has 0 atom stereocenters. The van der Waals surface area contributed by atoms with E-state index >= 15 is 0 Å². The maximum Gasteiger partial charge on any atom is 0.251 e. The summed E-state index contributed by atoms with van der Waals surface area (Å²) in [6, 6.07) is 14.5. The highest BCUT2D eigenvalue weighted by Gasteiger charge is 2.30. The van der Waals surface area contributed by atoms with Gasteiger partial charge in [-0.2, -0.15) is 0 Å². The first-order valence-electron chi connectivity index (χ1n) is 7.43. The minimum absolute atomic E-state index is 0.0875. The molecule has 2 aromatic carbocycles. The van der Waals surface area contributed by atoms with Crippen molar-refractivity contribution in [3.05, 3.63) is 77.1 Å². The van der Waals surface area contributed by atoms with Crippen molar-refractivity contribution in [2.75, 3.05) is 0 Å². The Labute approximate surface area is 128 Å². The molecule has 0 amide bonds. The van der Waals surface area contributed by atoms with E-state index < -0.39 is 5.92 Å². The van der Waals surface area contributed by atoms with Crippen LogP contribution in [0.15, 0.2) is 54.6 Å². The van der Waals surface area contributed by atoms with Gasteiger partial charge in [0.1, 0.15) is 5.82 Å². The molecule has 0 nitrogen and oxygen atoms in total. The zero-order valence-corrected chi connectivity index (χ0v) is 12.2. The Bertz CT molecular complexity index is 684. The van der Waals surface area contributed by atoms with Gasteiger partial charge >= 0.3 is 0 Å². The summed E-state index contributed by atoms with van der Waals surface area (Å²) < 4.78 is 40.0. The van der Waals surface area contributed by atoms with E-state index in [9.17, 15) is 13.2 Å². The molecule has 0 N–H and O–H groups in total. The third-order valence-electron chi connectivity index (χ3n) is 4.08. The Balaban J connectivity index is 1.74. The molecule has 0 aliphatic heterocycles. The quantitative estimate of drug-likeness (QED) is 0.690. The lowest BCUT2D eigenvalue weighted by atomic mass is 9.91. The van der Waals surface area contributed by atoms with Crippen LogP contribution in [0.4, 0.5) is 13.2 Å². The Hall–Kier alpha value is -2.03. The highest BCUT2D eigenvalue weighted by atomic mass is 19.3. The van der Waals surface area contributed by atoms with E-state index in [1.54, 1.807) is 18.2 Å². The molecule has 3 rings (SSSR count). The van der Waals surface area contributed by atoms with Gasteiger partial charge in [0.2, 0.25) is 0 Å². The van der Waals surface area contributed by atoms with E-state index in [1.165, 1.54) is 6.07 Å². The summed E-state index contributed by atoms with van der Waals surface area (Å²) in [5, 5.41) is 0. The van der Waals surface area contributed by atoms with Gasteiger partial charge in [0, 0.05) is 19.3 Å². The third-order valence-corrected chi connectivity index (χ3v) is 4.08. The molecule has 2 aromatic rings. The fourth-order valence-electron chi connectivity index (χ4n) is 2.75. The summed E-state index contributed by atoms with van der Waals surface area (Å²) >= 11 is 0. The zero-order valence-electron chi connectivity index (χ0n) is 12.2. The molecule has 1 aliphatic rings. The zero-order chi connectivity index (χ0) is 15.6. The summed E-state index contributed by atoms with van der Waals surface area (Å²) in [7, 11) is 0. The van der Waals surface area contributed by atoms with Crippen molar-refractivity contribution in [2.24, 2.45) is 0 Å². The lowest BCUT2D eigenvalue weighted by Crippen LogP contribution is -2.18. The van der Waals surface area contributed by atoms with Crippen LogP contribution in [0.25, 0.3) is 5.57 Å². The molecule has 114 valence electrons. The van der Waals surface area contributed by atoms with Gasteiger partial charge in [0.05, 0.1) is 0 Å². The van der Waals surface area contributed by atoms with Crippen molar-refractivity contribution >= 4 is 5.57 Å². The number of alkyl halides is 2. The summed E-state index contributed by atoms with van der Waals surface area (Å²) in [6.07, 6.45) is 2.30. The first kappa shape index (κ1) is 14.9. The highest BCUT2D eigenvalue weighted by Crippen LogP contribution is 2.36. The van der Waals surface area contributed by atoms with Gasteiger partial charge < -0.3 is 0 Å². The number of rotatable bonds is 3. The minimum Gasteiger partial charge on any atom is -0.207 e. The molecule has 1 aliphatic carbocycles. The second kappa shape index (κ2) is 5.99. The van der Waals surface area contributed by atoms with Gasteiger partial charge in [0.25, 0.3) is 5.92 Å². The fraction of sp³-hybridized carbons (Fsp3) is 0.263. The van der Waals surface area contributed by atoms with Crippen LogP contribution >= 0.6 is 0 Å². The standard InChI is InChI=1S/C19H17F3/c20-18-4-2-1-3-17(18)13-14-5-7-15(8-6-14)16-9-11-19(21,22)12-10-16/h1-9H,10-13H2. The molecular formula is C19H17F3. The fourth-order valence-corrected chi connectivity index (χ4v) is 2.75. The monoisotopic (exact) mass is 302 g/mol. The Kier molecular flexibility index (Phi) is 4.06. The van der Waals surface area contributed by atoms with Gasteiger partial charge in [-0.25, -0.2) is 13.2 Å². The smallest absolute Gasteiger partial charge is 0.207 e. The van der Waals surface area contributed by atoms with Crippen molar-refractivity contribution in [1.29, 1.82) is 0 Å². The van der Waals surface area contributed by atoms with E-state index in [0.717, 1.165) is 16.7 Å². The summed E-state index contributed by atoms with van der Waals surface area (Å²) in [5.41, 5.74) is 3.62. The maximum absolute atomic E-state index is 13.6. The predicted molar refractivity (Wildman–Crippen MR) is 82.4 cm³/mol. The lowest BCUT2D eigenvalue weighted by molar-refractivity contribution is -0.00602. The van der Waals surface area contributed by atoms with Crippen LogP contribution < -0.4 is 0 Å². The van der Waals surface area contributed by atoms with Crippen LogP contribution in [0.1, 0.15) is 36.0 Å². The molecule has 0 bridgehead atoms. The van der Waals surface area contributed by atoms with Gasteiger partial charge in [-0.1, -0.05) is 48.5 Å². The second-order valence-electron chi connectivity index (χ2n) is 5.75. The number of hydrogen-bond acceptors (Lipinski definition) is 0. The SMILES string of the molecule is Fc1ccccc1Cc1ccc(C2=CCC(F)(F)CC2)cc1. The Morgan fingerprint density at radius 1 is 0.955 bits per heavy atom. The van der Waals surface area contributed by atoms with E-state index in [2.05, 4.69) is 0 Å². The molecule has 0 spiro atoms. The van der Waals surface area contributed by atoms with E-state index in [-0.39, 0.29) is 18.7 Å². The highest BCUT2D eigenvalue weighted by molar-refractivity contribution is 5.66. The molecule has 22 heavy (non-hydrogen) atoms. The van der Waals surface area contributed by atoms with Gasteiger partial charge in [0.15, 0.2) is 0 Å². The largest absolute Gasteiger partial charge is 0.251 e. The van der Waals surface area contributed by atoms with Crippen LogP contribution in [0.3, 0.4) is 0 Å². The molecule has 0 unspecified atom stereocenters. The molecular weight excluding hydrogens is 285 g/mol. The normalized spacial score (nSPS) is 17.1. The van der Waals surface area contributed by atoms with E-state index in [0.29, 0.717) is 18.4 Å². The van der Waals surface area contributed by atoms with Crippen LogP contribution in [-0.4, -0.2) is 5.92 Å². The third kappa shape index (κ3) is 3.41. The van der Waals surface area contributed by atoms with Gasteiger partial charge in [-0.05, 0) is 34.8 Å². The summed E-state index contributed by atoms with van der Waals surface area (Å²) in [5.74, 6) is -2.77. The van der Waals surface area contributed by atoms with Crippen molar-refractivity contribution < 1.29 is 13.2 Å². The molecule has 0 radical (unpaired) electrons. The molecule has 0 fully saturated rings. The number of benzene rings is 2. The molecule has 3 heteroatoms. The lowest BCUT2D eigenvalue weighted by Gasteiger charge is -2.21. The number of halogens is 3. The summed E-state index contributed by atoms with van der Waals surface area (Å²) in [6.45, 7) is 0. The molecule has 0 aromatic heterocycles. The second-order valence-corrected chi connectivity index (χ2v) is 5.75. The average Bonchev–Trinajstić information content (AvgIpc) is 2.51. The van der Waals surface area contributed by atoms with Crippen LogP contribution in [0.5, 0.6) is 0 Å². The molecule has 0 saturated carbocycles. The maximum atomic E-state index is 13.6. The minimum atomic E-state index is -2.56. The van der Waals surface area contributed by atoms with Gasteiger partial charge in [-0.3, -0.25) is 0 Å². The average molecular weight is 302 g/mol. The Morgan fingerprint density at radius 3 is 2.32 bits per heavy atom. The molecule has 0 heterocycles. The number of hydrogen-bond donors (Lipinski definition) is 0. The van der Waals surface area contributed by atoms with Crippen LogP contribution in [-0.2, 0) is 6.42 Å².